The zero-order valence-electron chi connectivity index (χ0n) is 10.4. The van der Waals surface area contributed by atoms with E-state index in [0.717, 1.165) is 19.3 Å². The minimum absolute atomic E-state index is 0.0877. The van der Waals surface area contributed by atoms with Crippen molar-refractivity contribution in [1.29, 1.82) is 0 Å². The van der Waals surface area contributed by atoms with Gasteiger partial charge in [-0.05, 0) is 26.2 Å². The van der Waals surface area contributed by atoms with Gasteiger partial charge in [-0.3, -0.25) is 4.79 Å². The zero-order valence-corrected chi connectivity index (χ0v) is 10.4. The molecule has 1 aliphatic heterocycles. The van der Waals surface area contributed by atoms with Gasteiger partial charge in [0.1, 0.15) is 12.1 Å². The largest absolute Gasteiger partial charge is 0.480 e. The van der Waals surface area contributed by atoms with Crippen molar-refractivity contribution in [1.82, 2.24) is 5.32 Å². The number of amides is 1. The Morgan fingerprint density at radius 1 is 1.47 bits per heavy atom. The summed E-state index contributed by atoms with van der Waals surface area (Å²) in [4.78, 5) is 22.7. The SMILES string of the molecule is CCCCC(NC(=O)C1CCC(C)O1)C(=O)O. The Bertz CT molecular complexity index is 280. The lowest BCUT2D eigenvalue weighted by atomic mass is 10.1. The Hall–Kier alpha value is -1.10. The molecule has 0 aliphatic carbocycles. The van der Waals surface area contributed by atoms with Gasteiger partial charge in [0.15, 0.2) is 0 Å². The van der Waals surface area contributed by atoms with E-state index >= 15 is 0 Å². The third kappa shape index (κ3) is 4.34. The maximum absolute atomic E-state index is 11.8. The van der Waals surface area contributed by atoms with E-state index in [1.165, 1.54) is 0 Å². The zero-order chi connectivity index (χ0) is 12.8. The molecular weight excluding hydrogens is 222 g/mol. The van der Waals surface area contributed by atoms with Crippen LogP contribution in [0.25, 0.3) is 0 Å². The maximum atomic E-state index is 11.8. The van der Waals surface area contributed by atoms with E-state index < -0.39 is 18.1 Å². The molecule has 5 heteroatoms. The maximum Gasteiger partial charge on any atom is 0.326 e. The van der Waals surface area contributed by atoms with Crippen LogP contribution in [0.15, 0.2) is 0 Å². The van der Waals surface area contributed by atoms with Crippen LogP contribution < -0.4 is 5.32 Å². The second kappa shape index (κ2) is 6.59. The molecule has 98 valence electrons. The van der Waals surface area contributed by atoms with Crippen LogP contribution >= 0.6 is 0 Å². The summed E-state index contributed by atoms with van der Waals surface area (Å²) in [6.07, 6.45) is 3.31. The average molecular weight is 243 g/mol. The predicted molar refractivity (Wildman–Crippen MR) is 62.7 cm³/mol. The summed E-state index contributed by atoms with van der Waals surface area (Å²) in [5.74, 6) is -1.27. The van der Waals surface area contributed by atoms with E-state index in [4.69, 9.17) is 9.84 Å². The number of unbranched alkanes of at least 4 members (excludes halogenated alkanes) is 1. The number of carbonyl (C=O) groups is 2. The average Bonchev–Trinajstić information content (AvgIpc) is 2.70. The number of carbonyl (C=O) groups excluding carboxylic acids is 1. The Balaban J connectivity index is 2.43. The summed E-state index contributed by atoms with van der Waals surface area (Å²) in [7, 11) is 0. The van der Waals surface area contributed by atoms with Crippen LogP contribution in [0.5, 0.6) is 0 Å². The molecule has 5 nitrogen and oxygen atoms in total. The standard InChI is InChI=1S/C12H21NO4/c1-3-4-5-9(12(15)16)13-11(14)10-7-6-8(2)17-10/h8-10H,3-7H2,1-2H3,(H,13,14)(H,15,16). The molecule has 0 radical (unpaired) electrons. The van der Waals surface area contributed by atoms with Crippen LogP contribution in [-0.4, -0.2) is 35.2 Å². The predicted octanol–water partition coefficient (Wildman–Crippen LogP) is 1.31. The first kappa shape index (κ1) is 14.0. The van der Waals surface area contributed by atoms with Gasteiger partial charge in [0, 0.05) is 0 Å². The normalized spacial score (nSPS) is 25.5. The molecule has 1 aliphatic rings. The highest BCUT2D eigenvalue weighted by Gasteiger charge is 2.30. The lowest BCUT2D eigenvalue weighted by Crippen LogP contribution is -2.45. The summed E-state index contributed by atoms with van der Waals surface area (Å²) in [6, 6.07) is -0.790. The fourth-order valence-corrected chi connectivity index (χ4v) is 1.93. The van der Waals surface area contributed by atoms with Crippen LogP contribution in [0.2, 0.25) is 0 Å². The molecule has 17 heavy (non-hydrogen) atoms. The van der Waals surface area contributed by atoms with Crippen molar-refractivity contribution in [3.63, 3.8) is 0 Å². The van der Waals surface area contributed by atoms with Crippen molar-refractivity contribution in [2.45, 2.75) is 64.2 Å². The molecule has 0 saturated carbocycles. The number of carboxylic acids is 1. The van der Waals surface area contributed by atoms with Gasteiger partial charge >= 0.3 is 5.97 Å². The quantitative estimate of drug-likeness (QED) is 0.737. The lowest BCUT2D eigenvalue weighted by Gasteiger charge is -2.17. The van der Waals surface area contributed by atoms with Crippen molar-refractivity contribution in [3.05, 3.63) is 0 Å². The van der Waals surface area contributed by atoms with Gasteiger partial charge in [0.05, 0.1) is 6.10 Å². The molecule has 0 aromatic carbocycles. The Labute approximate surface area is 102 Å². The second-order valence-electron chi connectivity index (χ2n) is 4.55. The van der Waals surface area contributed by atoms with E-state index in [0.29, 0.717) is 12.8 Å². The first-order valence-electron chi connectivity index (χ1n) is 6.23. The number of rotatable bonds is 6. The smallest absolute Gasteiger partial charge is 0.326 e. The van der Waals surface area contributed by atoms with Crippen molar-refractivity contribution >= 4 is 11.9 Å². The molecule has 0 aromatic heterocycles. The fraction of sp³-hybridized carbons (Fsp3) is 0.833. The van der Waals surface area contributed by atoms with Crippen molar-refractivity contribution in [2.75, 3.05) is 0 Å². The van der Waals surface area contributed by atoms with Crippen molar-refractivity contribution in [3.8, 4) is 0 Å². The summed E-state index contributed by atoms with van der Waals surface area (Å²) in [5, 5.41) is 11.5. The lowest BCUT2D eigenvalue weighted by molar-refractivity contribution is -0.144. The van der Waals surface area contributed by atoms with Gasteiger partial charge in [-0.25, -0.2) is 4.79 Å². The Morgan fingerprint density at radius 3 is 2.65 bits per heavy atom. The third-order valence-corrected chi connectivity index (χ3v) is 2.99. The van der Waals surface area contributed by atoms with Crippen LogP contribution in [-0.2, 0) is 14.3 Å². The van der Waals surface area contributed by atoms with Crippen LogP contribution in [0.3, 0.4) is 0 Å². The second-order valence-corrected chi connectivity index (χ2v) is 4.55. The van der Waals surface area contributed by atoms with Crippen LogP contribution in [0.1, 0.15) is 46.0 Å². The van der Waals surface area contributed by atoms with Gasteiger partial charge in [-0.2, -0.15) is 0 Å². The molecule has 1 fully saturated rings. The number of ether oxygens (including phenoxy) is 1. The van der Waals surface area contributed by atoms with Gasteiger partial charge in [0.25, 0.3) is 0 Å². The highest BCUT2D eigenvalue weighted by Crippen LogP contribution is 2.19. The molecule has 1 heterocycles. The number of nitrogens with one attached hydrogen (secondary N) is 1. The minimum Gasteiger partial charge on any atom is -0.480 e. The van der Waals surface area contributed by atoms with E-state index in [9.17, 15) is 9.59 Å². The summed E-state index contributed by atoms with van der Waals surface area (Å²) < 4.78 is 5.40. The van der Waals surface area contributed by atoms with Gasteiger partial charge in [-0.1, -0.05) is 19.8 Å². The van der Waals surface area contributed by atoms with Gasteiger partial charge in [-0.15, -0.1) is 0 Å². The van der Waals surface area contributed by atoms with E-state index in [-0.39, 0.29) is 12.0 Å². The highest BCUT2D eigenvalue weighted by molar-refractivity contribution is 5.86. The first-order valence-corrected chi connectivity index (χ1v) is 6.23. The molecule has 0 spiro atoms. The molecule has 1 rings (SSSR count). The Morgan fingerprint density at radius 2 is 2.18 bits per heavy atom. The third-order valence-electron chi connectivity index (χ3n) is 2.99. The molecule has 1 saturated heterocycles. The summed E-state index contributed by atoms with van der Waals surface area (Å²) >= 11 is 0. The van der Waals surface area contributed by atoms with Gasteiger partial charge < -0.3 is 15.2 Å². The number of hydrogen-bond acceptors (Lipinski definition) is 3. The topological polar surface area (TPSA) is 75.6 Å². The molecule has 3 unspecified atom stereocenters. The molecular formula is C12H21NO4. The number of carboxylic acid groups (broad SMARTS) is 1. The fourth-order valence-electron chi connectivity index (χ4n) is 1.93. The number of aliphatic carboxylic acids is 1. The molecule has 3 atom stereocenters. The molecule has 0 bridgehead atoms. The highest BCUT2D eigenvalue weighted by atomic mass is 16.5. The van der Waals surface area contributed by atoms with Crippen molar-refractivity contribution < 1.29 is 19.4 Å². The summed E-state index contributed by atoms with van der Waals surface area (Å²) in [5.41, 5.74) is 0. The molecule has 2 N–H and O–H groups in total. The number of hydrogen-bond donors (Lipinski definition) is 2. The minimum atomic E-state index is -0.974. The van der Waals surface area contributed by atoms with E-state index in [2.05, 4.69) is 5.32 Å². The van der Waals surface area contributed by atoms with Crippen LogP contribution in [0.4, 0.5) is 0 Å². The van der Waals surface area contributed by atoms with Crippen LogP contribution in [0, 0.1) is 0 Å². The Kier molecular flexibility index (Phi) is 5.41. The van der Waals surface area contributed by atoms with Crippen molar-refractivity contribution in [2.24, 2.45) is 0 Å². The summed E-state index contributed by atoms with van der Waals surface area (Å²) in [6.45, 7) is 3.90. The first-order chi connectivity index (χ1) is 8.04. The molecule has 0 aromatic rings. The molecule has 1 amide bonds. The van der Waals surface area contributed by atoms with E-state index in [1.807, 2.05) is 13.8 Å². The monoisotopic (exact) mass is 243 g/mol. The van der Waals surface area contributed by atoms with Gasteiger partial charge in [0.2, 0.25) is 5.91 Å². The van der Waals surface area contributed by atoms with E-state index in [1.54, 1.807) is 0 Å².